The number of nitrogens with one attached hydrogen (secondary N) is 1. The van der Waals surface area contributed by atoms with Gasteiger partial charge in [0.25, 0.3) is 0 Å². The number of hydrogen-bond donors (Lipinski definition) is 1. The fraction of sp³-hybridized carbons (Fsp3) is 0.435. The molecule has 1 heterocycles. The van der Waals surface area contributed by atoms with Gasteiger partial charge in [-0.25, -0.2) is 4.39 Å². The van der Waals surface area contributed by atoms with Crippen molar-refractivity contribution in [2.24, 2.45) is 0 Å². The van der Waals surface area contributed by atoms with Crippen molar-refractivity contribution < 1.29 is 13.9 Å². The normalized spacial score (nSPS) is 14.6. The van der Waals surface area contributed by atoms with Gasteiger partial charge in [-0.2, -0.15) is 0 Å². The van der Waals surface area contributed by atoms with E-state index in [0.717, 1.165) is 56.1 Å². The molecule has 0 unspecified atom stereocenters. The second kappa shape index (κ2) is 10.8. The van der Waals surface area contributed by atoms with Crippen molar-refractivity contribution in [1.29, 1.82) is 0 Å². The Morgan fingerprint density at radius 2 is 1.72 bits per heavy atom. The van der Waals surface area contributed by atoms with Crippen LogP contribution in [0.2, 0.25) is 0 Å². The Balaban J connectivity index is 1.29. The topological polar surface area (TPSA) is 44.8 Å². The van der Waals surface area contributed by atoms with E-state index in [1.165, 1.54) is 12.1 Å². The van der Waals surface area contributed by atoms with Gasteiger partial charge in [0.05, 0.1) is 13.0 Å². The third kappa shape index (κ3) is 6.75. The molecule has 1 aliphatic heterocycles. The predicted molar refractivity (Wildman–Crippen MR) is 114 cm³/mol. The number of carbonyl (C=O) groups is 1. The summed E-state index contributed by atoms with van der Waals surface area (Å²) in [5.41, 5.74) is 2.07. The number of rotatable bonds is 9. The summed E-state index contributed by atoms with van der Waals surface area (Å²) >= 11 is 0. The average molecular weight is 400 g/mol. The van der Waals surface area contributed by atoms with Crippen molar-refractivity contribution >= 4 is 11.6 Å². The largest absolute Gasteiger partial charge is 0.494 e. The first-order valence-corrected chi connectivity index (χ1v) is 10.4. The van der Waals surface area contributed by atoms with Gasteiger partial charge < -0.3 is 15.0 Å². The highest BCUT2D eigenvalue weighted by Crippen LogP contribution is 2.17. The van der Waals surface area contributed by atoms with Gasteiger partial charge >= 0.3 is 0 Å². The molecular weight excluding hydrogens is 369 g/mol. The highest BCUT2D eigenvalue weighted by molar-refractivity contribution is 5.78. The number of nitrogens with zero attached hydrogens (tertiary/aromatic N) is 2. The second-order valence-electron chi connectivity index (χ2n) is 7.26. The molecule has 0 saturated carbocycles. The molecule has 1 fully saturated rings. The van der Waals surface area contributed by atoms with E-state index in [0.29, 0.717) is 19.6 Å². The van der Waals surface area contributed by atoms with Crippen molar-refractivity contribution in [2.75, 3.05) is 50.8 Å². The molecule has 5 nitrogen and oxygen atoms in total. The third-order valence-corrected chi connectivity index (χ3v) is 5.14. The molecule has 0 aliphatic carbocycles. The minimum atomic E-state index is -0.197. The van der Waals surface area contributed by atoms with E-state index >= 15 is 0 Å². The Bertz CT molecular complexity index is 757. The number of ether oxygens (including phenoxy) is 1. The van der Waals surface area contributed by atoms with E-state index in [4.69, 9.17) is 4.74 Å². The molecule has 0 atom stereocenters. The van der Waals surface area contributed by atoms with Crippen LogP contribution in [0.1, 0.15) is 18.9 Å². The molecule has 1 saturated heterocycles. The number of benzene rings is 2. The molecule has 2 aromatic carbocycles. The first-order valence-electron chi connectivity index (χ1n) is 10.4. The van der Waals surface area contributed by atoms with Crippen molar-refractivity contribution in [3.05, 3.63) is 59.9 Å². The van der Waals surface area contributed by atoms with E-state index in [-0.39, 0.29) is 11.7 Å². The van der Waals surface area contributed by atoms with Crippen LogP contribution in [0, 0.1) is 5.82 Å². The van der Waals surface area contributed by atoms with Gasteiger partial charge in [-0.05, 0) is 61.9 Å². The number of hydrogen-bond acceptors (Lipinski definition) is 4. The standard InChI is InChI=1S/C23H30FN3O2/c1-2-29-22-10-4-19(5-11-22)18-23(28)25-12-3-13-26-14-16-27(17-15-26)21-8-6-20(24)7-9-21/h4-11H,2-3,12-18H2,1H3,(H,25,28). The molecule has 3 rings (SSSR count). The number of halogens is 1. The van der Waals surface area contributed by atoms with Gasteiger partial charge in [-0.3, -0.25) is 9.69 Å². The van der Waals surface area contributed by atoms with Gasteiger partial charge in [0.15, 0.2) is 0 Å². The minimum absolute atomic E-state index is 0.0512. The van der Waals surface area contributed by atoms with Crippen LogP contribution < -0.4 is 15.0 Å². The minimum Gasteiger partial charge on any atom is -0.494 e. The smallest absolute Gasteiger partial charge is 0.224 e. The van der Waals surface area contributed by atoms with Crippen LogP contribution in [0.15, 0.2) is 48.5 Å². The summed E-state index contributed by atoms with van der Waals surface area (Å²) in [5.74, 6) is 0.684. The van der Waals surface area contributed by atoms with Crippen LogP contribution in [0.4, 0.5) is 10.1 Å². The van der Waals surface area contributed by atoms with Crippen LogP contribution >= 0.6 is 0 Å². The molecular formula is C23H30FN3O2. The van der Waals surface area contributed by atoms with Gasteiger partial charge in [0.1, 0.15) is 11.6 Å². The molecule has 2 aromatic rings. The number of anilines is 1. The third-order valence-electron chi connectivity index (χ3n) is 5.14. The summed E-state index contributed by atoms with van der Waals surface area (Å²) in [5, 5.41) is 3.01. The van der Waals surface area contributed by atoms with E-state index in [1.54, 1.807) is 0 Å². The average Bonchev–Trinajstić information content (AvgIpc) is 2.74. The lowest BCUT2D eigenvalue weighted by Crippen LogP contribution is -2.47. The lowest BCUT2D eigenvalue weighted by molar-refractivity contribution is -0.120. The fourth-order valence-electron chi connectivity index (χ4n) is 3.53. The van der Waals surface area contributed by atoms with Gasteiger partial charge in [0.2, 0.25) is 5.91 Å². The van der Waals surface area contributed by atoms with E-state index < -0.39 is 0 Å². The van der Waals surface area contributed by atoms with Crippen molar-refractivity contribution in [3.8, 4) is 5.75 Å². The summed E-state index contributed by atoms with van der Waals surface area (Å²) in [7, 11) is 0. The molecule has 0 radical (unpaired) electrons. The van der Waals surface area contributed by atoms with Crippen LogP contribution in [0.5, 0.6) is 5.75 Å². The lowest BCUT2D eigenvalue weighted by atomic mass is 10.1. The highest BCUT2D eigenvalue weighted by atomic mass is 19.1. The summed E-state index contributed by atoms with van der Waals surface area (Å²) < 4.78 is 18.5. The number of piperazine rings is 1. The van der Waals surface area contributed by atoms with Crippen LogP contribution in [-0.2, 0) is 11.2 Å². The Hall–Kier alpha value is -2.60. The first-order chi connectivity index (χ1) is 14.1. The Morgan fingerprint density at radius 1 is 1.03 bits per heavy atom. The molecule has 0 spiro atoms. The number of carbonyl (C=O) groups excluding carboxylic acids is 1. The molecule has 1 amide bonds. The van der Waals surface area contributed by atoms with Crippen LogP contribution in [0.25, 0.3) is 0 Å². The van der Waals surface area contributed by atoms with Crippen molar-refractivity contribution in [3.63, 3.8) is 0 Å². The summed E-state index contributed by atoms with van der Waals surface area (Å²) in [6.07, 6.45) is 1.33. The predicted octanol–water partition coefficient (Wildman–Crippen LogP) is 3.10. The van der Waals surface area contributed by atoms with E-state index in [9.17, 15) is 9.18 Å². The molecule has 1 aliphatic rings. The molecule has 0 aromatic heterocycles. The fourth-order valence-corrected chi connectivity index (χ4v) is 3.53. The zero-order chi connectivity index (χ0) is 20.5. The first kappa shape index (κ1) is 21.1. The lowest BCUT2D eigenvalue weighted by Gasteiger charge is -2.36. The Kier molecular flexibility index (Phi) is 7.87. The zero-order valence-electron chi connectivity index (χ0n) is 17.1. The molecule has 29 heavy (non-hydrogen) atoms. The van der Waals surface area contributed by atoms with E-state index in [2.05, 4.69) is 15.1 Å². The Labute approximate surface area is 172 Å². The summed E-state index contributed by atoms with van der Waals surface area (Å²) in [6.45, 7) is 8.10. The number of amides is 1. The monoisotopic (exact) mass is 399 g/mol. The SMILES string of the molecule is CCOc1ccc(CC(=O)NCCCN2CCN(c3ccc(F)cc3)CC2)cc1. The quantitative estimate of drug-likeness (QED) is 0.658. The van der Waals surface area contributed by atoms with Gasteiger partial charge in [0, 0.05) is 38.4 Å². The van der Waals surface area contributed by atoms with Crippen molar-refractivity contribution in [1.82, 2.24) is 10.2 Å². The molecule has 1 N–H and O–H groups in total. The van der Waals surface area contributed by atoms with Gasteiger partial charge in [-0.1, -0.05) is 12.1 Å². The molecule has 0 bridgehead atoms. The van der Waals surface area contributed by atoms with Crippen LogP contribution in [-0.4, -0.2) is 56.7 Å². The second-order valence-corrected chi connectivity index (χ2v) is 7.26. The maximum atomic E-state index is 13.1. The van der Waals surface area contributed by atoms with Gasteiger partial charge in [-0.15, -0.1) is 0 Å². The maximum absolute atomic E-state index is 13.1. The summed E-state index contributed by atoms with van der Waals surface area (Å²) in [6, 6.07) is 14.4. The summed E-state index contributed by atoms with van der Waals surface area (Å²) in [4.78, 5) is 16.8. The van der Waals surface area contributed by atoms with Crippen molar-refractivity contribution in [2.45, 2.75) is 19.8 Å². The Morgan fingerprint density at radius 3 is 2.38 bits per heavy atom. The zero-order valence-corrected chi connectivity index (χ0v) is 17.1. The van der Waals surface area contributed by atoms with E-state index in [1.807, 2.05) is 43.3 Å². The highest BCUT2D eigenvalue weighted by Gasteiger charge is 2.16. The molecule has 156 valence electrons. The van der Waals surface area contributed by atoms with Crippen LogP contribution in [0.3, 0.4) is 0 Å². The maximum Gasteiger partial charge on any atom is 0.224 e. The molecule has 6 heteroatoms.